The number of ether oxygens (including phenoxy) is 1. The lowest BCUT2D eigenvalue weighted by molar-refractivity contribution is -0.143. The zero-order valence-corrected chi connectivity index (χ0v) is 10.4. The molecule has 1 amide bonds. The molecule has 5 heteroatoms. The van der Waals surface area contributed by atoms with Gasteiger partial charge in [0.15, 0.2) is 0 Å². The molecule has 14 heavy (non-hydrogen) atoms. The molecule has 0 spiro atoms. The minimum atomic E-state index is -0.408. The summed E-state index contributed by atoms with van der Waals surface area (Å²) in [5.41, 5.74) is 0. The molecule has 0 rings (SSSR count). The molecule has 0 aromatic rings. The Morgan fingerprint density at radius 1 is 1.50 bits per heavy atom. The Morgan fingerprint density at radius 2 is 2.21 bits per heavy atom. The Hall–Kier alpha value is -0.843. The van der Waals surface area contributed by atoms with Crippen molar-refractivity contribution < 1.29 is 14.3 Å². The standard InChI is InChI=1S/C9H19NO3Si/c1-3-13-9(12)6-5-7-10(8-11)14-4-2/h8H,3-7,14H2,1-2H3. The molecule has 0 aliphatic heterocycles. The summed E-state index contributed by atoms with van der Waals surface area (Å²) < 4.78 is 6.60. The summed E-state index contributed by atoms with van der Waals surface area (Å²) in [6.45, 7) is 5.00. The van der Waals surface area contributed by atoms with Crippen molar-refractivity contribution in [2.75, 3.05) is 13.2 Å². The third-order valence-corrected chi connectivity index (χ3v) is 3.28. The second-order valence-electron chi connectivity index (χ2n) is 3.05. The first-order chi connectivity index (χ1) is 6.74. The highest BCUT2D eigenvalue weighted by atomic mass is 28.2. The Kier molecular flexibility index (Phi) is 8.22. The minimum absolute atomic E-state index is 0.170. The molecule has 0 bridgehead atoms. The number of esters is 1. The van der Waals surface area contributed by atoms with E-state index in [2.05, 4.69) is 6.92 Å². The predicted molar refractivity (Wildman–Crippen MR) is 57.7 cm³/mol. The van der Waals surface area contributed by atoms with Crippen molar-refractivity contribution in [3.63, 3.8) is 0 Å². The van der Waals surface area contributed by atoms with Crippen LogP contribution >= 0.6 is 0 Å². The minimum Gasteiger partial charge on any atom is -0.466 e. The second-order valence-corrected chi connectivity index (χ2v) is 5.31. The summed E-state index contributed by atoms with van der Waals surface area (Å²) in [5.74, 6) is -0.170. The van der Waals surface area contributed by atoms with Crippen molar-refractivity contribution in [2.45, 2.75) is 32.7 Å². The quantitative estimate of drug-likeness (QED) is 0.334. The lowest BCUT2D eigenvalue weighted by Crippen LogP contribution is -2.27. The molecule has 0 aromatic heterocycles. The fraction of sp³-hybridized carbons (Fsp3) is 0.778. The third-order valence-electron chi connectivity index (χ3n) is 1.79. The highest BCUT2D eigenvalue weighted by Crippen LogP contribution is 1.95. The van der Waals surface area contributed by atoms with Crippen molar-refractivity contribution in [1.82, 2.24) is 4.57 Å². The van der Waals surface area contributed by atoms with E-state index < -0.39 is 9.68 Å². The molecule has 0 unspecified atom stereocenters. The Morgan fingerprint density at radius 3 is 2.71 bits per heavy atom. The summed E-state index contributed by atoms with van der Waals surface area (Å²) in [6, 6.07) is 1.08. The van der Waals surface area contributed by atoms with Gasteiger partial charge in [-0.25, -0.2) is 0 Å². The van der Waals surface area contributed by atoms with E-state index in [4.69, 9.17) is 4.74 Å². The summed E-state index contributed by atoms with van der Waals surface area (Å²) in [7, 11) is -0.408. The van der Waals surface area contributed by atoms with Crippen LogP contribution in [0.3, 0.4) is 0 Å². The van der Waals surface area contributed by atoms with Gasteiger partial charge in [-0.05, 0) is 19.4 Å². The van der Waals surface area contributed by atoms with Crippen LogP contribution in [0.2, 0.25) is 6.04 Å². The predicted octanol–water partition coefficient (Wildman–Crippen LogP) is 0.310. The van der Waals surface area contributed by atoms with Crippen LogP contribution in [-0.4, -0.2) is 39.8 Å². The van der Waals surface area contributed by atoms with E-state index in [1.165, 1.54) is 0 Å². The zero-order valence-electron chi connectivity index (χ0n) is 8.99. The summed E-state index contributed by atoms with van der Waals surface area (Å²) >= 11 is 0. The van der Waals surface area contributed by atoms with Gasteiger partial charge in [-0.1, -0.05) is 6.92 Å². The average Bonchev–Trinajstić information content (AvgIpc) is 2.17. The van der Waals surface area contributed by atoms with Crippen molar-refractivity contribution in [1.29, 1.82) is 0 Å². The molecule has 0 fully saturated rings. The van der Waals surface area contributed by atoms with Gasteiger partial charge < -0.3 is 9.30 Å². The van der Waals surface area contributed by atoms with Crippen molar-refractivity contribution in [3.05, 3.63) is 0 Å². The molecule has 0 aromatic carbocycles. The fourth-order valence-corrected chi connectivity index (χ4v) is 2.29. The molecule has 0 atom stereocenters. The highest BCUT2D eigenvalue weighted by molar-refractivity contribution is 6.34. The smallest absolute Gasteiger partial charge is 0.305 e. The second kappa shape index (κ2) is 8.74. The number of hydrogen-bond acceptors (Lipinski definition) is 3. The van der Waals surface area contributed by atoms with Gasteiger partial charge in [-0.15, -0.1) is 0 Å². The molecule has 0 aliphatic carbocycles. The lowest BCUT2D eigenvalue weighted by atomic mass is 10.3. The molecule has 0 radical (unpaired) electrons. The highest BCUT2D eigenvalue weighted by Gasteiger charge is 2.04. The maximum atomic E-state index is 11.0. The number of rotatable bonds is 8. The van der Waals surface area contributed by atoms with Crippen LogP contribution in [0.5, 0.6) is 0 Å². The maximum absolute atomic E-state index is 11.0. The number of amides is 1. The molecule has 0 heterocycles. The van der Waals surface area contributed by atoms with Gasteiger partial charge in [0, 0.05) is 13.0 Å². The van der Waals surface area contributed by atoms with E-state index in [1.54, 1.807) is 6.92 Å². The van der Waals surface area contributed by atoms with Gasteiger partial charge in [0.2, 0.25) is 6.41 Å². The van der Waals surface area contributed by atoms with Crippen LogP contribution in [-0.2, 0) is 14.3 Å². The topological polar surface area (TPSA) is 46.6 Å². The summed E-state index contributed by atoms with van der Waals surface area (Å²) in [6.07, 6.45) is 2.02. The number of nitrogens with zero attached hydrogens (tertiary/aromatic N) is 1. The third kappa shape index (κ3) is 6.65. The van der Waals surface area contributed by atoms with Gasteiger partial charge in [-0.3, -0.25) is 9.59 Å². The molecular weight excluding hydrogens is 198 g/mol. The Bertz CT molecular complexity index is 175. The molecule has 0 saturated heterocycles. The molecule has 0 N–H and O–H groups in total. The largest absolute Gasteiger partial charge is 0.466 e. The van der Waals surface area contributed by atoms with Gasteiger partial charge in [0.25, 0.3) is 0 Å². The summed E-state index contributed by atoms with van der Waals surface area (Å²) in [4.78, 5) is 21.5. The van der Waals surface area contributed by atoms with E-state index in [1.807, 2.05) is 4.57 Å². The Labute approximate surface area is 87.5 Å². The van der Waals surface area contributed by atoms with E-state index in [0.717, 1.165) is 12.5 Å². The van der Waals surface area contributed by atoms with Gasteiger partial charge >= 0.3 is 5.97 Å². The van der Waals surface area contributed by atoms with Crippen molar-refractivity contribution in [3.8, 4) is 0 Å². The van der Waals surface area contributed by atoms with Crippen LogP contribution in [0.4, 0.5) is 0 Å². The van der Waals surface area contributed by atoms with Gasteiger partial charge in [0.05, 0.1) is 6.61 Å². The van der Waals surface area contributed by atoms with Crippen LogP contribution < -0.4 is 0 Å². The fourth-order valence-electron chi connectivity index (χ4n) is 1.16. The molecule has 0 aliphatic rings. The van der Waals surface area contributed by atoms with Crippen molar-refractivity contribution in [2.24, 2.45) is 0 Å². The Balaban J connectivity index is 3.50. The molecular formula is C9H19NO3Si. The SMILES string of the molecule is CCOC(=O)CCCN(C=O)[SiH2]CC. The summed E-state index contributed by atoms with van der Waals surface area (Å²) in [5, 5.41) is 0. The van der Waals surface area contributed by atoms with E-state index in [0.29, 0.717) is 26.0 Å². The van der Waals surface area contributed by atoms with E-state index >= 15 is 0 Å². The first-order valence-corrected chi connectivity index (χ1v) is 6.72. The maximum Gasteiger partial charge on any atom is 0.305 e. The number of carbonyl (C=O) groups is 2. The molecule has 4 nitrogen and oxygen atoms in total. The van der Waals surface area contributed by atoms with Gasteiger partial charge in [0.1, 0.15) is 9.68 Å². The number of carbonyl (C=O) groups excluding carboxylic acids is 2. The first-order valence-electron chi connectivity index (χ1n) is 5.09. The van der Waals surface area contributed by atoms with Gasteiger partial charge in [-0.2, -0.15) is 0 Å². The van der Waals surface area contributed by atoms with Crippen LogP contribution in [0, 0.1) is 0 Å². The lowest BCUT2D eigenvalue weighted by Gasteiger charge is -2.15. The van der Waals surface area contributed by atoms with Crippen LogP contribution in [0.15, 0.2) is 0 Å². The normalized spacial score (nSPS) is 10.4. The number of hydrogen-bond donors (Lipinski definition) is 0. The molecule has 0 saturated carbocycles. The van der Waals surface area contributed by atoms with E-state index in [-0.39, 0.29) is 5.97 Å². The average molecular weight is 217 g/mol. The first kappa shape index (κ1) is 13.2. The van der Waals surface area contributed by atoms with Crippen LogP contribution in [0.25, 0.3) is 0 Å². The van der Waals surface area contributed by atoms with Crippen molar-refractivity contribution >= 4 is 22.1 Å². The zero-order chi connectivity index (χ0) is 10.8. The monoisotopic (exact) mass is 217 g/mol. The van der Waals surface area contributed by atoms with E-state index in [9.17, 15) is 9.59 Å². The molecule has 82 valence electrons. The van der Waals surface area contributed by atoms with Crippen LogP contribution in [0.1, 0.15) is 26.7 Å².